The molecule has 2 aliphatic heterocycles. The van der Waals surface area contributed by atoms with Gasteiger partial charge < -0.3 is 15.2 Å². The third kappa shape index (κ3) is 3.01. The van der Waals surface area contributed by atoms with Crippen LogP contribution in [0.4, 0.5) is 0 Å². The van der Waals surface area contributed by atoms with Gasteiger partial charge in [-0.2, -0.15) is 0 Å². The smallest absolute Gasteiger partial charge is 0.161 e. The molecular weight excluding hydrogens is 264 g/mol. The van der Waals surface area contributed by atoms with Crippen molar-refractivity contribution in [2.45, 2.75) is 38.8 Å². The molecule has 3 atom stereocenters. The van der Waals surface area contributed by atoms with E-state index in [-0.39, 0.29) is 6.04 Å². The van der Waals surface area contributed by atoms with Gasteiger partial charge in [0.1, 0.15) is 13.2 Å². The minimum Gasteiger partial charge on any atom is -0.486 e. The predicted molar refractivity (Wildman–Crippen MR) is 83.8 cm³/mol. The molecule has 0 saturated carbocycles. The van der Waals surface area contributed by atoms with Gasteiger partial charge >= 0.3 is 0 Å². The van der Waals surface area contributed by atoms with Crippen molar-refractivity contribution in [1.29, 1.82) is 0 Å². The molecule has 0 spiro atoms. The molecule has 1 aromatic rings. The highest BCUT2D eigenvalue weighted by atomic mass is 16.6. The van der Waals surface area contributed by atoms with E-state index in [1.165, 1.54) is 18.4 Å². The van der Waals surface area contributed by atoms with Crippen LogP contribution in [0.5, 0.6) is 11.5 Å². The minimum atomic E-state index is 0.267. The molecule has 1 fully saturated rings. The molecule has 0 aliphatic carbocycles. The Hall–Kier alpha value is -1.26. The van der Waals surface area contributed by atoms with Crippen molar-refractivity contribution in [3.8, 4) is 11.5 Å². The molecular formula is C17H26N2O2. The Balaban J connectivity index is 1.82. The summed E-state index contributed by atoms with van der Waals surface area (Å²) in [6.07, 6.45) is 2.51. The SMILES string of the molecule is CC1CCN(C(CN)c2ccc3c(c2)OCCO3)C(C)C1. The Morgan fingerprint density at radius 3 is 2.71 bits per heavy atom. The third-order valence-electron chi connectivity index (χ3n) is 4.76. The van der Waals surface area contributed by atoms with Crippen molar-refractivity contribution >= 4 is 0 Å². The minimum absolute atomic E-state index is 0.267. The van der Waals surface area contributed by atoms with E-state index in [1.807, 2.05) is 6.07 Å². The van der Waals surface area contributed by atoms with Crippen molar-refractivity contribution in [2.24, 2.45) is 11.7 Å². The fraction of sp³-hybridized carbons (Fsp3) is 0.647. The zero-order valence-corrected chi connectivity index (χ0v) is 13.0. The molecule has 2 N–H and O–H groups in total. The van der Waals surface area contributed by atoms with Crippen LogP contribution in [-0.4, -0.2) is 37.2 Å². The van der Waals surface area contributed by atoms with Crippen LogP contribution < -0.4 is 15.2 Å². The fourth-order valence-corrected chi connectivity index (χ4v) is 3.62. The molecule has 1 saturated heterocycles. The van der Waals surface area contributed by atoms with Gasteiger partial charge in [0.2, 0.25) is 0 Å². The van der Waals surface area contributed by atoms with Crippen LogP contribution in [0.25, 0.3) is 0 Å². The second-order valence-electron chi connectivity index (χ2n) is 6.37. The summed E-state index contributed by atoms with van der Waals surface area (Å²) in [7, 11) is 0. The predicted octanol–water partition coefficient (Wildman–Crippen LogP) is 2.58. The van der Waals surface area contributed by atoms with Gasteiger partial charge in [0, 0.05) is 18.6 Å². The summed E-state index contributed by atoms with van der Waals surface area (Å²) < 4.78 is 11.3. The molecule has 1 aromatic carbocycles. The quantitative estimate of drug-likeness (QED) is 0.929. The van der Waals surface area contributed by atoms with Crippen LogP contribution in [0, 0.1) is 5.92 Å². The molecule has 0 bridgehead atoms. The Bertz CT molecular complexity index is 492. The van der Waals surface area contributed by atoms with Gasteiger partial charge in [-0.25, -0.2) is 0 Å². The summed E-state index contributed by atoms with van der Waals surface area (Å²) in [5.41, 5.74) is 7.33. The third-order valence-corrected chi connectivity index (χ3v) is 4.76. The Morgan fingerprint density at radius 1 is 1.24 bits per heavy atom. The monoisotopic (exact) mass is 290 g/mol. The molecule has 4 heteroatoms. The lowest BCUT2D eigenvalue weighted by Crippen LogP contribution is -2.44. The number of nitrogens with two attached hydrogens (primary N) is 1. The van der Waals surface area contributed by atoms with Crippen molar-refractivity contribution in [2.75, 3.05) is 26.3 Å². The summed E-state index contributed by atoms with van der Waals surface area (Å²) >= 11 is 0. The maximum atomic E-state index is 6.09. The molecule has 3 unspecified atom stereocenters. The normalized spacial score (nSPS) is 27.4. The van der Waals surface area contributed by atoms with Gasteiger partial charge in [-0.05, 0) is 49.9 Å². The van der Waals surface area contributed by atoms with Crippen molar-refractivity contribution in [3.05, 3.63) is 23.8 Å². The van der Waals surface area contributed by atoms with E-state index in [9.17, 15) is 0 Å². The number of hydrogen-bond acceptors (Lipinski definition) is 4. The Labute approximate surface area is 127 Å². The van der Waals surface area contributed by atoms with Gasteiger partial charge in [0.15, 0.2) is 11.5 Å². The first-order valence-electron chi connectivity index (χ1n) is 8.04. The molecule has 0 aromatic heterocycles. The first-order valence-corrected chi connectivity index (χ1v) is 8.04. The van der Waals surface area contributed by atoms with E-state index in [4.69, 9.17) is 15.2 Å². The van der Waals surface area contributed by atoms with E-state index < -0.39 is 0 Å². The number of likely N-dealkylation sites (tertiary alicyclic amines) is 1. The zero-order chi connectivity index (χ0) is 14.8. The summed E-state index contributed by atoms with van der Waals surface area (Å²) in [4.78, 5) is 2.55. The van der Waals surface area contributed by atoms with Crippen LogP contribution in [0.3, 0.4) is 0 Å². The molecule has 0 radical (unpaired) electrons. The largest absolute Gasteiger partial charge is 0.486 e. The van der Waals surface area contributed by atoms with E-state index in [1.54, 1.807) is 0 Å². The number of hydrogen-bond donors (Lipinski definition) is 1. The van der Waals surface area contributed by atoms with Crippen LogP contribution in [0.15, 0.2) is 18.2 Å². The molecule has 116 valence electrons. The van der Waals surface area contributed by atoms with Gasteiger partial charge in [-0.1, -0.05) is 13.0 Å². The number of nitrogens with zero attached hydrogens (tertiary/aromatic N) is 1. The lowest BCUT2D eigenvalue weighted by Gasteiger charge is -2.41. The first kappa shape index (κ1) is 14.7. The second kappa shape index (κ2) is 6.24. The Kier molecular flexibility index (Phi) is 4.36. The summed E-state index contributed by atoms with van der Waals surface area (Å²) in [6.45, 7) is 7.68. The fourth-order valence-electron chi connectivity index (χ4n) is 3.62. The Morgan fingerprint density at radius 2 is 2.00 bits per heavy atom. The van der Waals surface area contributed by atoms with Gasteiger partial charge in [0.05, 0.1) is 0 Å². The van der Waals surface area contributed by atoms with Crippen LogP contribution in [0.2, 0.25) is 0 Å². The van der Waals surface area contributed by atoms with E-state index >= 15 is 0 Å². The molecule has 2 aliphatic rings. The van der Waals surface area contributed by atoms with E-state index in [0.29, 0.717) is 25.8 Å². The molecule has 21 heavy (non-hydrogen) atoms. The molecule has 3 rings (SSSR count). The number of fused-ring (bicyclic) bond motifs is 1. The van der Waals surface area contributed by atoms with Crippen molar-refractivity contribution in [3.63, 3.8) is 0 Å². The van der Waals surface area contributed by atoms with Crippen molar-refractivity contribution < 1.29 is 9.47 Å². The number of rotatable bonds is 3. The van der Waals surface area contributed by atoms with Crippen LogP contribution >= 0.6 is 0 Å². The van der Waals surface area contributed by atoms with Crippen LogP contribution in [0.1, 0.15) is 38.3 Å². The molecule has 0 amide bonds. The topological polar surface area (TPSA) is 47.7 Å². The number of piperidine rings is 1. The second-order valence-corrected chi connectivity index (χ2v) is 6.37. The van der Waals surface area contributed by atoms with Crippen LogP contribution in [-0.2, 0) is 0 Å². The molecule has 4 nitrogen and oxygen atoms in total. The molecule has 2 heterocycles. The summed E-state index contributed by atoms with van der Waals surface area (Å²) in [6, 6.07) is 7.11. The van der Waals surface area contributed by atoms with Gasteiger partial charge in [-0.15, -0.1) is 0 Å². The highest BCUT2D eigenvalue weighted by Gasteiger charge is 2.29. The lowest BCUT2D eigenvalue weighted by molar-refractivity contribution is 0.0843. The highest BCUT2D eigenvalue weighted by Crippen LogP contribution is 2.36. The maximum absolute atomic E-state index is 6.09. The zero-order valence-electron chi connectivity index (χ0n) is 13.0. The van der Waals surface area contributed by atoms with E-state index in [0.717, 1.165) is 24.0 Å². The maximum Gasteiger partial charge on any atom is 0.161 e. The van der Waals surface area contributed by atoms with Gasteiger partial charge in [-0.3, -0.25) is 4.90 Å². The number of benzene rings is 1. The highest BCUT2D eigenvalue weighted by molar-refractivity contribution is 5.44. The summed E-state index contributed by atoms with van der Waals surface area (Å²) in [5, 5.41) is 0. The average Bonchev–Trinajstić information content (AvgIpc) is 2.50. The number of ether oxygens (including phenoxy) is 2. The first-order chi connectivity index (χ1) is 10.2. The standard InChI is InChI=1S/C17H26N2O2/c1-12-5-6-19(13(2)9-12)15(11-18)14-3-4-16-17(10-14)21-8-7-20-16/h3-4,10,12-13,15H,5-9,11,18H2,1-2H3. The van der Waals surface area contributed by atoms with E-state index in [2.05, 4.69) is 30.9 Å². The van der Waals surface area contributed by atoms with Gasteiger partial charge in [0.25, 0.3) is 0 Å². The average molecular weight is 290 g/mol. The lowest BCUT2D eigenvalue weighted by atomic mass is 9.90. The summed E-state index contributed by atoms with van der Waals surface area (Å²) in [5.74, 6) is 2.52. The van der Waals surface area contributed by atoms with Crippen molar-refractivity contribution in [1.82, 2.24) is 4.90 Å².